The Kier molecular flexibility index (Phi) is 5.04. The van der Waals surface area contributed by atoms with Crippen molar-refractivity contribution in [2.24, 2.45) is 0 Å². The van der Waals surface area contributed by atoms with Crippen molar-refractivity contribution in [1.82, 2.24) is 4.98 Å². The zero-order valence-electron chi connectivity index (χ0n) is 12.9. The van der Waals surface area contributed by atoms with Crippen LogP contribution in [-0.4, -0.2) is 4.98 Å². The van der Waals surface area contributed by atoms with Crippen LogP contribution in [0.3, 0.4) is 0 Å². The van der Waals surface area contributed by atoms with Gasteiger partial charge in [-0.1, -0.05) is 58.0 Å². The third-order valence-corrected chi connectivity index (χ3v) is 5.03. The van der Waals surface area contributed by atoms with Gasteiger partial charge in [-0.05, 0) is 29.8 Å². The summed E-state index contributed by atoms with van der Waals surface area (Å²) >= 11 is 4.74. The molecule has 0 spiro atoms. The minimum Gasteiger partial charge on any atom is -0.383 e. The highest BCUT2D eigenvalue weighted by atomic mass is 79.9. The molecule has 0 radical (unpaired) electrons. The Morgan fingerprint density at radius 1 is 0.920 bits per heavy atom. The Morgan fingerprint density at radius 3 is 2.16 bits per heavy atom. The van der Waals surface area contributed by atoms with Crippen molar-refractivity contribution in [2.75, 3.05) is 5.73 Å². The van der Waals surface area contributed by atoms with E-state index < -0.39 is 0 Å². The van der Waals surface area contributed by atoms with Crippen molar-refractivity contribution in [3.05, 3.63) is 70.2 Å². The standard InChI is InChI=1S/C19H11BrN4S/c20-13-8-6-12(7-9-13)17-15(10-21)18(23)24-19(16(17)11-22)25-14-4-2-1-3-5-14/h1-9H,(H2,23,24). The lowest BCUT2D eigenvalue weighted by atomic mass is 9.97. The summed E-state index contributed by atoms with van der Waals surface area (Å²) in [6.45, 7) is 0. The second kappa shape index (κ2) is 7.40. The number of nitrogen functional groups attached to an aromatic ring is 1. The number of pyridine rings is 1. The molecule has 0 saturated carbocycles. The Hall–Kier alpha value is -2.80. The van der Waals surface area contributed by atoms with Crippen LogP contribution in [0.15, 0.2) is 69.0 Å². The highest BCUT2D eigenvalue weighted by Crippen LogP contribution is 2.38. The number of halogens is 1. The molecule has 3 aromatic rings. The van der Waals surface area contributed by atoms with Crippen molar-refractivity contribution in [2.45, 2.75) is 9.92 Å². The van der Waals surface area contributed by atoms with E-state index in [1.165, 1.54) is 11.8 Å². The van der Waals surface area contributed by atoms with E-state index in [0.717, 1.165) is 14.9 Å². The monoisotopic (exact) mass is 406 g/mol. The lowest BCUT2D eigenvalue weighted by Gasteiger charge is -2.13. The van der Waals surface area contributed by atoms with Gasteiger partial charge in [0.2, 0.25) is 0 Å². The molecule has 6 heteroatoms. The number of nitrogens with two attached hydrogens (primary N) is 1. The molecule has 0 aliphatic heterocycles. The first-order valence-electron chi connectivity index (χ1n) is 7.26. The van der Waals surface area contributed by atoms with Gasteiger partial charge in [-0.3, -0.25) is 0 Å². The molecule has 1 aromatic heterocycles. The van der Waals surface area contributed by atoms with E-state index in [2.05, 4.69) is 33.1 Å². The molecule has 25 heavy (non-hydrogen) atoms. The first kappa shape index (κ1) is 17.0. The highest BCUT2D eigenvalue weighted by molar-refractivity contribution is 9.10. The van der Waals surface area contributed by atoms with Gasteiger partial charge in [-0.2, -0.15) is 10.5 Å². The molecule has 2 N–H and O–H groups in total. The molecule has 0 saturated heterocycles. The average molecular weight is 407 g/mol. The molecule has 0 aliphatic rings. The molecule has 0 bridgehead atoms. The summed E-state index contributed by atoms with van der Waals surface area (Å²) in [4.78, 5) is 5.24. The highest BCUT2D eigenvalue weighted by Gasteiger charge is 2.20. The van der Waals surface area contributed by atoms with Gasteiger partial charge in [0.25, 0.3) is 0 Å². The first-order chi connectivity index (χ1) is 12.1. The van der Waals surface area contributed by atoms with Gasteiger partial charge >= 0.3 is 0 Å². The zero-order chi connectivity index (χ0) is 17.8. The van der Waals surface area contributed by atoms with Gasteiger partial charge in [0.1, 0.15) is 28.5 Å². The zero-order valence-corrected chi connectivity index (χ0v) is 15.3. The van der Waals surface area contributed by atoms with E-state index in [-0.39, 0.29) is 11.4 Å². The van der Waals surface area contributed by atoms with Gasteiger partial charge in [0.15, 0.2) is 0 Å². The van der Waals surface area contributed by atoms with Crippen molar-refractivity contribution in [1.29, 1.82) is 10.5 Å². The molecule has 0 fully saturated rings. The van der Waals surface area contributed by atoms with Crippen LogP contribution in [0.4, 0.5) is 5.82 Å². The second-order valence-electron chi connectivity index (χ2n) is 5.07. The molecule has 120 valence electrons. The molecule has 3 rings (SSSR count). The normalized spacial score (nSPS) is 10.0. The van der Waals surface area contributed by atoms with Crippen LogP contribution >= 0.6 is 27.7 Å². The molecule has 1 heterocycles. The predicted molar refractivity (Wildman–Crippen MR) is 102 cm³/mol. The minimum atomic E-state index is 0.123. The smallest absolute Gasteiger partial charge is 0.143 e. The molecule has 0 aliphatic carbocycles. The summed E-state index contributed by atoms with van der Waals surface area (Å²) in [6.07, 6.45) is 0. The van der Waals surface area contributed by atoms with Gasteiger partial charge < -0.3 is 5.73 Å². The average Bonchev–Trinajstić information content (AvgIpc) is 2.63. The fourth-order valence-electron chi connectivity index (χ4n) is 2.38. The Morgan fingerprint density at radius 2 is 1.56 bits per heavy atom. The molecule has 2 aromatic carbocycles. The quantitative estimate of drug-likeness (QED) is 0.661. The maximum absolute atomic E-state index is 9.74. The maximum atomic E-state index is 9.74. The summed E-state index contributed by atoms with van der Waals surface area (Å²) in [5, 5.41) is 19.8. The lowest BCUT2D eigenvalue weighted by molar-refractivity contribution is 1.11. The molecule has 0 amide bonds. The number of rotatable bonds is 3. The molecular formula is C19H11BrN4S. The molecule has 4 nitrogen and oxygen atoms in total. The second-order valence-corrected chi connectivity index (χ2v) is 7.05. The van der Waals surface area contributed by atoms with Crippen LogP contribution < -0.4 is 5.73 Å². The first-order valence-corrected chi connectivity index (χ1v) is 8.87. The Labute approximate surface area is 158 Å². The van der Waals surface area contributed by atoms with Gasteiger partial charge in [-0.25, -0.2) is 4.98 Å². The fraction of sp³-hybridized carbons (Fsp3) is 0. The summed E-state index contributed by atoms with van der Waals surface area (Å²) in [6, 6.07) is 21.3. The van der Waals surface area contributed by atoms with Crippen LogP contribution in [-0.2, 0) is 0 Å². The van der Waals surface area contributed by atoms with Gasteiger partial charge in [0, 0.05) is 14.9 Å². The largest absolute Gasteiger partial charge is 0.383 e. The third kappa shape index (κ3) is 3.51. The van der Waals surface area contributed by atoms with Crippen LogP contribution in [0.2, 0.25) is 0 Å². The van der Waals surface area contributed by atoms with Crippen LogP contribution in [0, 0.1) is 22.7 Å². The number of benzene rings is 2. The van der Waals surface area contributed by atoms with E-state index in [9.17, 15) is 10.5 Å². The SMILES string of the molecule is N#Cc1c(N)nc(Sc2ccccc2)c(C#N)c1-c1ccc(Br)cc1. The minimum absolute atomic E-state index is 0.123. The summed E-state index contributed by atoms with van der Waals surface area (Å²) in [7, 11) is 0. The van der Waals surface area contributed by atoms with Crippen molar-refractivity contribution >= 4 is 33.5 Å². The van der Waals surface area contributed by atoms with Gasteiger partial charge in [0.05, 0.1) is 5.56 Å². The number of nitrogens with zero attached hydrogens (tertiary/aromatic N) is 3. The summed E-state index contributed by atoms with van der Waals surface area (Å²) < 4.78 is 0.911. The van der Waals surface area contributed by atoms with E-state index >= 15 is 0 Å². The van der Waals surface area contributed by atoms with Crippen molar-refractivity contribution in [3.8, 4) is 23.3 Å². The number of hydrogen-bond donors (Lipinski definition) is 1. The number of anilines is 1. The molecular weight excluding hydrogens is 396 g/mol. The number of hydrogen-bond acceptors (Lipinski definition) is 5. The Bertz CT molecular complexity index is 1000. The van der Waals surface area contributed by atoms with E-state index in [4.69, 9.17) is 5.73 Å². The number of aromatic nitrogens is 1. The van der Waals surface area contributed by atoms with E-state index in [1.54, 1.807) is 0 Å². The van der Waals surface area contributed by atoms with Crippen LogP contribution in [0.25, 0.3) is 11.1 Å². The van der Waals surface area contributed by atoms with Crippen LogP contribution in [0.1, 0.15) is 11.1 Å². The topological polar surface area (TPSA) is 86.5 Å². The van der Waals surface area contributed by atoms with Crippen molar-refractivity contribution < 1.29 is 0 Å². The predicted octanol–water partition coefficient (Wildman–Crippen LogP) is 4.99. The number of nitriles is 2. The summed E-state index contributed by atoms with van der Waals surface area (Å²) in [5.74, 6) is 0.123. The van der Waals surface area contributed by atoms with E-state index in [0.29, 0.717) is 16.2 Å². The van der Waals surface area contributed by atoms with E-state index in [1.807, 2.05) is 54.6 Å². The maximum Gasteiger partial charge on any atom is 0.143 e. The lowest BCUT2D eigenvalue weighted by Crippen LogP contribution is -2.03. The van der Waals surface area contributed by atoms with Crippen LogP contribution in [0.5, 0.6) is 0 Å². The molecule has 0 atom stereocenters. The van der Waals surface area contributed by atoms with Crippen molar-refractivity contribution in [3.63, 3.8) is 0 Å². The third-order valence-electron chi connectivity index (χ3n) is 3.51. The summed E-state index contributed by atoms with van der Waals surface area (Å²) in [5.41, 5.74) is 7.85. The molecule has 0 unspecified atom stereocenters. The van der Waals surface area contributed by atoms with Gasteiger partial charge in [-0.15, -0.1) is 0 Å². The fourth-order valence-corrected chi connectivity index (χ4v) is 3.55. The Balaban J connectivity index is 2.24.